The van der Waals surface area contributed by atoms with Crippen molar-refractivity contribution in [2.45, 2.75) is 6.61 Å². The quantitative estimate of drug-likeness (QED) is 0.208. The number of nitro benzene ring substituents is 1. The summed E-state index contributed by atoms with van der Waals surface area (Å²) in [5.41, 5.74) is 2.47. The fraction of sp³-hybridized carbons (Fsp3) is 0.0435. The monoisotopic (exact) mass is 478 g/mol. The first kappa shape index (κ1) is 20.5. The number of esters is 1. The molecule has 0 spiro atoms. The van der Waals surface area contributed by atoms with Crippen LogP contribution in [0.4, 0.5) is 5.69 Å². The molecule has 0 radical (unpaired) electrons. The summed E-state index contributed by atoms with van der Waals surface area (Å²) in [6.07, 6.45) is 1.63. The van der Waals surface area contributed by atoms with Gasteiger partial charge in [0.05, 0.1) is 4.92 Å². The number of aliphatic imine (C=N–C) groups is 1. The third-order valence-electron chi connectivity index (χ3n) is 4.43. The van der Waals surface area contributed by atoms with E-state index in [2.05, 4.69) is 20.9 Å². The Bertz CT molecular complexity index is 1200. The fourth-order valence-electron chi connectivity index (χ4n) is 2.86. The molecule has 154 valence electrons. The van der Waals surface area contributed by atoms with Crippen LogP contribution in [0.15, 0.2) is 88.0 Å². The topological polar surface area (TPSA) is 91.0 Å². The molecule has 0 bridgehead atoms. The minimum atomic E-state index is -0.518. The van der Waals surface area contributed by atoms with Crippen LogP contribution in [0.5, 0.6) is 5.75 Å². The van der Waals surface area contributed by atoms with E-state index in [0.717, 1.165) is 15.6 Å². The van der Waals surface area contributed by atoms with Gasteiger partial charge in [-0.1, -0.05) is 28.1 Å². The molecule has 1 aliphatic heterocycles. The Labute approximate surface area is 185 Å². The molecular formula is C23H15BrN2O5. The van der Waals surface area contributed by atoms with Gasteiger partial charge in [-0.25, -0.2) is 9.79 Å². The first-order chi connectivity index (χ1) is 15.0. The fourth-order valence-corrected chi connectivity index (χ4v) is 3.12. The molecular weight excluding hydrogens is 464 g/mol. The number of hydrogen-bond acceptors (Lipinski definition) is 6. The van der Waals surface area contributed by atoms with Gasteiger partial charge in [-0.3, -0.25) is 10.1 Å². The average molecular weight is 479 g/mol. The molecule has 0 aliphatic carbocycles. The number of ether oxygens (including phenoxy) is 2. The van der Waals surface area contributed by atoms with Crippen LogP contribution in [0.2, 0.25) is 0 Å². The zero-order chi connectivity index (χ0) is 21.8. The van der Waals surface area contributed by atoms with E-state index in [1.165, 1.54) is 12.1 Å². The van der Waals surface area contributed by atoms with Crippen LogP contribution in [0.3, 0.4) is 0 Å². The van der Waals surface area contributed by atoms with E-state index in [9.17, 15) is 14.9 Å². The molecule has 0 N–H and O–H groups in total. The minimum Gasteiger partial charge on any atom is -0.489 e. The predicted molar refractivity (Wildman–Crippen MR) is 119 cm³/mol. The van der Waals surface area contributed by atoms with Crippen molar-refractivity contribution >= 4 is 39.6 Å². The van der Waals surface area contributed by atoms with Crippen LogP contribution in [-0.4, -0.2) is 16.8 Å². The number of halogens is 1. The lowest BCUT2D eigenvalue weighted by atomic mass is 10.2. The molecule has 1 aliphatic rings. The molecule has 0 atom stereocenters. The Hall–Kier alpha value is -3.78. The lowest BCUT2D eigenvalue weighted by molar-refractivity contribution is -0.384. The zero-order valence-corrected chi connectivity index (χ0v) is 17.6. The Morgan fingerprint density at radius 1 is 1.06 bits per heavy atom. The molecule has 0 saturated carbocycles. The smallest absolute Gasteiger partial charge is 0.363 e. The van der Waals surface area contributed by atoms with Crippen molar-refractivity contribution in [3.8, 4) is 5.75 Å². The minimum absolute atomic E-state index is 0.0314. The highest BCUT2D eigenvalue weighted by Crippen LogP contribution is 2.23. The largest absolute Gasteiger partial charge is 0.489 e. The number of benzene rings is 3. The summed E-state index contributed by atoms with van der Waals surface area (Å²) in [5, 5.41) is 10.7. The first-order valence-corrected chi connectivity index (χ1v) is 10.0. The molecule has 8 heteroatoms. The van der Waals surface area contributed by atoms with Crippen molar-refractivity contribution in [3.05, 3.63) is 110 Å². The van der Waals surface area contributed by atoms with Crippen molar-refractivity contribution in [3.63, 3.8) is 0 Å². The van der Waals surface area contributed by atoms with Crippen molar-refractivity contribution in [2.24, 2.45) is 4.99 Å². The molecule has 3 aromatic rings. The van der Waals surface area contributed by atoms with E-state index in [1.54, 1.807) is 36.4 Å². The van der Waals surface area contributed by atoms with Gasteiger partial charge in [0.2, 0.25) is 5.90 Å². The maximum atomic E-state index is 12.2. The normalized spacial score (nSPS) is 14.3. The SMILES string of the molecule is O=C1OC(c2ccc(Br)cc2)=N/C1=C\c1cccc(OCc2ccc([N+](=O)[O-])cc2)c1. The number of nitrogens with zero attached hydrogens (tertiary/aromatic N) is 2. The van der Waals surface area contributed by atoms with E-state index >= 15 is 0 Å². The number of cyclic esters (lactones) is 1. The summed E-state index contributed by atoms with van der Waals surface area (Å²) >= 11 is 3.37. The number of carbonyl (C=O) groups excluding carboxylic acids is 1. The number of non-ortho nitro benzene ring substituents is 1. The van der Waals surface area contributed by atoms with Gasteiger partial charge in [0.25, 0.3) is 5.69 Å². The molecule has 0 fully saturated rings. The molecule has 0 unspecified atom stereocenters. The summed E-state index contributed by atoms with van der Waals surface area (Å²) < 4.78 is 12.0. The second-order valence-electron chi connectivity index (χ2n) is 6.63. The Morgan fingerprint density at radius 3 is 2.52 bits per heavy atom. The van der Waals surface area contributed by atoms with E-state index in [-0.39, 0.29) is 23.9 Å². The summed E-state index contributed by atoms with van der Waals surface area (Å²) in [6, 6.07) is 20.7. The van der Waals surface area contributed by atoms with Crippen LogP contribution < -0.4 is 4.74 Å². The summed E-state index contributed by atoms with van der Waals surface area (Å²) in [6.45, 7) is 0.256. The van der Waals surface area contributed by atoms with Gasteiger partial charge < -0.3 is 9.47 Å². The molecule has 4 rings (SSSR count). The van der Waals surface area contributed by atoms with E-state index in [1.807, 2.05) is 30.3 Å². The molecule has 0 saturated heterocycles. The highest BCUT2D eigenvalue weighted by Gasteiger charge is 2.24. The van der Waals surface area contributed by atoms with Crippen molar-refractivity contribution < 1.29 is 19.2 Å². The van der Waals surface area contributed by atoms with Gasteiger partial charge in [0.15, 0.2) is 5.70 Å². The first-order valence-electron chi connectivity index (χ1n) is 9.23. The van der Waals surface area contributed by atoms with E-state index < -0.39 is 10.9 Å². The molecule has 31 heavy (non-hydrogen) atoms. The van der Waals surface area contributed by atoms with Crippen molar-refractivity contribution in [2.75, 3.05) is 0 Å². The lowest BCUT2D eigenvalue weighted by Gasteiger charge is -2.07. The maximum absolute atomic E-state index is 12.2. The van der Waals surface area contributed by atoms with Crippen LogP contribution in [0, 0.1) is 10.1 Å². The summed E-state index contributed by atoms with van der Waals surface area (Å²) in [5.74, 6) is 0.334. The standard InChI is InChI=1S/C23H15BrN2O5/c24-18-8-6-17(7-9-18)22-25-21(23(27)31-22)13-16-2-1-3-20(12-16)30-14-15-4-10-19(11-5-15)26(28)29/h1-13H,14H2/b21-13-. The zero-order valence-electron chi connectivity index (χ0n) is 16.0. The van der Waals surface area contributed by atoms with E-state index in [0.29, 0.717) is 11.3 Å². The van der Waals surface area contributed by atoms with Crippen molar-refractivity contribution in [1.29, 1.82) is 0 Å². The second kappa shape index (κ2) is 8.93. The van der Waals surface area contributed by atoms with Crippen LogP contribution in [-0.2, 0) is 16.1 Å². The van der Waals surface area contributed by atoms with Crippen molar-refractivity contribution in [1.82, 2.24) is 0 Å². The van der Waals surface area contributed by atoms with Crippen LogP contribution in [0.25, 0.3) is 6.08 Å². The van der Waals surface area contributed by atoms with Gasteiger partial charge in [0, 0.05) is 22.2 Å². The van der Waals surface area contributed by atoms with E-state index in [4.69, 9.17) is 9.47 Å². The third-order valence-corrected chi connectivity index (χ3v) is 4.95. The Morgan fingerprint density at radius 2 is 1.81 bits per heavy atom. The highest BCUT2D eigenvalue weighted by molar-refractivity contribution is 9.10. The summed E-state index contributed by atoms with van der Waals surface area (Å²) in [4.78, 5) is 26.8. The van der Waals surface area contributed by atoms with Gasteiger partial charge in [-0.2, -0.15) is 0 Å². The molecule has 0 amide bonds. The molecule has 1 heterocycles. The molecule has 3 aromatic carbocycles. The number of nitro groups is 1. The average Bonchev–Trinajstić information content (AvgIpc) is 3.13. The highest BCUT2D eigenvalue weighted by atomic mass is 79.9. The number of hydrogen-bond donors (Lipinski definition) is 0. The lowest BCUT2D eigenvalue weighted by Crippen LogP contribution is -2.05. The number of carbonyl (C=O) groups is 1. The predicted octanol–water partition coefficient (Wildman–Crippen LogP) is 5.28. The maximum Gasteiger partial charge on any atom is 0.363 e. The number of rotatable bonds is 6. The Balaban J connectivity index is 1.47. The van der Waals surface area contributed by atoms with Crippen LogP contribution in [0.1, 0.15) is 16.7 Å². The summed E-state index contributed by atoms with van der Waals surface area (Å²) in [7, 11) is 0. The van der Waals surface area contributed by atoms with Gasteiger partial charge in [0.1, 0.15) is 12.4 Å². The van der Waals surface area contributed by atoms with Gasteiger partial charge in [-0.15, -0.1) is 0 Å². The van der Waals surface area contributed by atoms with Gasteiger partial charge >= 0.3 is 5.97 Å². The molecule has 7 nitrogen and oxygen atoms in total. The van der Waals surface area contributed by atoms with Gasteiger partial charge in [-0.05, 0) is 65.7 Å². The third kappa shape index (κ3) is 5.04. The Kier molecular flexibility index (Phi) is 5.90. The van der Waals surface area contributed by atoms with Crippen LogP contribution >= 0.6 is 15.9 Å². The second-order valence-corrected chi connectivity index (χ2v) is 7.54. The molecule has 0 aromatic heterocycles.